The van der Waals surface area contributed by atoms with Crippen LogP contribution >= 0.6 is 0 Å². The molecule has 1 aliphatic heterocycles. The Morgan fingerprint density at radius 2 is 2.19 bits per heavy atom. The molecule has 2 atom stereocenters. The van der Waals surface area contributed by atoms with E-state index in [1.165, 1.54) is 25.7 Å². The molecule has 1 aliphatic rings. The average molecular weight is 226 g/mol. The zero-order chi connectivity index (χ0) is 12.0. The molecule has 0 aromatic carbocycles. The highest BCUT2D eigenvalue weighted by Gasteiger charge is 2.22. The van der Waals surface area contributed by atoms with Crippen LogP contribution in [0.5, 0.6) is 0 Å². The van der Waals surface area contributed by atoms with Crippen molar-refractivity contribution in [3.63, 3.8) is 0 Å². The first-order chi connectivity index (χ1) is 7.65. The fourth-order valence-electron chi connectivity index (χ4n) is 2.45. The summed E-state index contributed by atoms with van der Waals surface area (Å²) in [7, 11) is 0. The number of hydrogen-bond acceptors (Lipinski definition) is 2. The lowest BCUT2D eigenvalue weighted by Crippen LogP contribution is -2.41. The Morgan fingerprint density at radius 3 is 2.88 bits per heavy atom. The summed E-state index contributed by atoms with van der Waals surface area (Å²) in [6, 6.07) is 0.733. The molecular weight excluding hydrogens is 200 g/mol. The Balaban J connectivity index is 2.44. The Labute approximate surface area is 99.6 Å². The first-order valence-electron chi connectivity index (χ1n) is 6.68. The van der Waals surface area contributed by atoms with E-state index in [4.69, 9.17) is 0 Å². The molecule has 94 valence electrons. The highest BCUT2D eigenvalue weighted by molar-refractivity contribution is 5.77. The molecule has 1 amide bonds. The van der Waals surface area contributed by atoms with Crippen molar-refractivity contribution in [2.45, 2.75) is 65.0 Å². The maximum absolute atomic E-state index is 12.1. The second-order valence-corrected chi connectivity index (χ2v) is 4.95. The van der Waals surface area contributed by atoms with Crippen LogP contribution in [-0.4, -0.2) is 36.0 Å². The molecule has 3 nitrogen and oxygen atoms in total. The topological polar surface area (TPSA) is 32.3 Å². The van der Waals surface area contributed by atoms with E-state index in [1.807, 2.05) is 0 Å². The molecule has 0 aromatic heterocycles. The molecule has 0 aromatic rings. The standard InChI is InChI=1S/C13H26N2O/c1-4-14-11(2)10-13(16)15-9-7-5-6-8-12(15)3/h11-12,14H,4-10H2,1-3H3. The van der Waals surface area contributed by atoms with Gasteiger partial charge < -0.3 is 10.2 Å². The number of hydrogen-bond donors (Lipinski definition) is 1. The van der Waals surface area contributed by atoms with Crippen molar-refractivity contribution in [1.82, 2.24) is 10.2 Å². The summed E-state index contributed by atoms with van der Waals surface area (Å²) >= 11 is 0. The van der Waals surface area contributed by atoms with Crippen molar-refractivity contribution in [2.75, 3.05) is 13.1 Å². The van der Waals surface area contributed by atoms with Crippen LogP contribution in [0.4, 0.5) is 0 Å². The zero-order valence-electron chi connectivity index (χ0n) is 11.0. The zero-order valence-corrected chi connectivity index (χ0v) is 11.0. The second kappa shape index (κ2) is 6.89. The third kappa shape index (κ3) is 4.12. The number of amides is 1. The van der Waals surface area contributed by atoms with Crippen LogP contribution in [0.3, 0.4) is 0 Å². The third-order valence-corrected chi connectivity index (χ3v) is 3.41. The van der Waals surface area contributed by atoms with Gasteiger partial charge in [0.15, 0.2) is 0 Å². The summed E-state index contributed by atoms with van der Waals surface area (Å²) in [5.41, 5.74) is 0. The molecule has 16 heavy (non-hydrogen) atoms. The van der Waals surface area contributed by atoms with Crippen molar-refractivity contribution < 1.29 is 4.79 Å². The number of rotatable bonds is 4. The van der Waals surface area contributed by atoms with Gasteiger partial charge in [-0.15, -0.1) is 0 Å². The number of carbonyl (C=O) groups is 1. The van der Waals surface area contributed by atoms with Gasteiger partial charge >= 0.3 is 0 Å². The quantitative estimate of drug-likeness (QED) is 0.797. The minimum atomic E-state index is 0.299. The predicted octanol–water partition coefficient (Wildman–Crippen LogP) is 2.17. The fourth-order valence-corrected chi connectivity index (χ4v) is 2.45. The van der Waals surface area contributed by atoms with Gasteiger partial charge in [-0.1, -0.05) is 19.8 Å². The van der Waals surface area contributed by atoms with Crippen LogP contribution in [0, 0.1) is 0 Å². The van der Waals surface area contributed by atoms with Gasteiger partial charge in [-0.3, -0.25) is 4.79 Å². The molecule has 1 N–H and O–H groups in total. The van der Waals surface area contributed by atoms with Gasteiger partial charge in [-0.05, 0) is 33.2 Å². The first kappa shape index (κ1) is 13.5. The van der Waals surface area contributed by atoms with Crippen LogP contribution in [0.2, 0.25) is 0 Å². The van der Waals surface area contributed by atoms with E-state index in [-0.39, 0.29) is 0 Å². The fraction of sp³-hybridized carbons (Fsp3) is 0.923. The minimum absolute atomic E-state index is 0.299. The predicted molar refractivity (Wildman–Crippen MR) is 67.4 cm³/mol. The van der Waals surface area contributed by atoms with Crippen molar-refractivity contribution >= 4 is 5.91 Å². The SMILES string of the molecule is CCNC(C)CC(=O)N1CCCCCC1C. The largest absolute Gasteiger partial charge is 0.340 e. The highest BCUT2D eigenvalue weighted by atomic mass is 16.2. The second-order valence-electron chi connectivity index (χ2n) is 4.95. The summed E-state index contributed by atoms with van der Waals surface area (Å²) in [5, 5.41) is 3.30. The van der Waals surface area contributed by atoms with Gasteiger partial charge in [0, 0.05) is 25.0 Å². The highest BCUT2D eigenvalue weighted by Crippen LogP contribution is 2.17. The molecule has 1 heterocycles. The summed E-state index contributed by atoms with van der Waals surface area (Å²) in [6.45, 7) is 8.24. The number of likely N-dealkylation sites (tertiary alicyclic amines) is 1. The van der Waals surface area contributed by atoms with Gasteiger partial charge in [0.1, 0.15) is 0 Å². The van der Waals surface area contributed by atoms with Crippen LogP contribution < -0.4 is 5.32 Å². The van der Waals surface area contributed by atoms with E-state index in [2.05, 4.69) is 31.0 Å². The molecule has 0 saturated carbocycles. The third-order valence-electron chi connectivity index (χ3n) is 3.41. The molecule has 1 rings (SSSR count). The monoisotopic (exact) mass is 226 g/mol. The molecule has 0 aliphatic carbocycles. The lowest BCUT2D eigenvalue weighted by molar-refractivity contribution is -0.133. The van der Waals surface area contributed by atoms with E-state index >= 15 is 0 Å². The Bertz CT molecular complexity index is 218. The van der Waals surface area contributed by atoms with E-state index in [1.54, 1.807) is 0 Å². The normalized spacial score (nSPS) is 23.9. The van der Waals surface area contributed by atoms with E-state index in [0.717, 1.165) is 13.1 Å². The van der Waals surface area contributed by atoms with Crippen LogP contribution in [0.25, 0.3) is 0 Å². The molecule has 2 unspecified atom stereocenters. The maximum Gasteiger partial charge on any atom is 0.224 e. The Hall–Kier alpha value is -0.570. The minimum Gasteiger partial charge on any atom is -0.340 e. The van der Waals surface area contributed by atoms with E-state index in [9.17, 15) is 4.79 Å². The summed E-state index contributed by atoms with van der Waals surface area (Å²) in [6.07, 6.45) is 5.52. The molecule has 0 bridgehead atoms. The van der Waals surface area contributed by atoms with Gasteiger partial charge in [0.2, 0.25) is 5.91 Å². The van der Waals surface area contributed by atoms with Crippen molar-refractivity contribution in [1.29, 1.82) is 0 Å². The maximum atomic E-state index is 12.1. The van der Waals surface area contributed by atoms with Gasteiger partial charge in [0.25, 0.3) is 0 Å². The van der Waals surface area contributed by atoms with Gasteiger partial charge in [-0.25, -0.2) is 0 Å². The van der Waals surface area contributed by atoms with Gasteiger partial charge in [-0.2, -0.15) is 0 Å². The Morgan fingerprint density at radius 1 is 1.44 bits per heavy atom. The summed E-state index contributed by atoms with van der Waals surface area (Å²) in [5.74, 6) is 0.322. The smallest absolute Gasteiger partial charge is 0.224 e. The summed E-state index contributed by atoms with van der Waals surface area (Å²) in [4.78, 5) is 14.2. The molecular formula is C13H26N2O. The van der Waals surface area contributed by atoms with Crippen LogP contribution in [0.1, 0.15) is 52.9 Å². The summed E-state index contributed by atoms with van der Waals surface area (Å²) < 4.78 is 0. The van der Waals surface area contributed by atoms with Gasteiger partial charge in [0.05, 0.1) is 0 Å². The van der Waals surface area contributed by atoms with Crippen molar-refractivity contribution in [2.24, 2.45) is 0 Å². The van der Waals surface area contributed by atoms with E-state index < -0.39 is 0 Å². The number of carbonyl (C=O) groups excluding carboxylic acids is 1. The van der Waals surface area contributed by atoms with E-state index in [0.29, 0.717) is 24.4 Å². The lowest BCUT2D eigenvalue weighted by Gasteiger charge is -2.28. The number of nitrogens with zero attached hydrogens (tertiary/aromatic N) is 1. The molecule has 3 heteroatoms. The molecule has 0 radical (unpaired) electrons. The Kier molecular flexibility index (Phi) is 5.81. The van der Waals surface area contributed by atoms with Crippen LogP contribution in [0.15, 0.2) is 0 Å². The van der Waals surface area contributed by atoms with Crippen molar-refractivity contribution in [3.05, 3.63) is 0 Å². The average Bonchev–Trinajstić information content (AvgIpc) is 2.43. The van der Waals surface area contributed by atoms with Crippen molar-refractivity contribution in [3.8, 4) is 0 Å². The lowest BCUT2D eigenvalue weighted by atomic mass is 10.1. The molecule has 1 fully saturated rings. The molecule has 0 spiro atoms. The number of nitrogens with one attached hydrogen (secondary N) is 1. The molecule has 1 saturated heterocycles. The first-order valence-corrected chi connectivity index (χ1v) is 6.68. The van der Waals surface area contributed by atoms with Crippen LogP contribution in [-0.2, 0) is 4.79 Å².